The summed E-state index contributed by atoms with van der Waals surface area (Å²) < 4.78 is 18.6. The SMILES string of the molecule is B[C@@H]1O[C@H](C=O)[C@@H](C)[C@@]1(C)F. The van der Waals surface area contributed by atoms with Crippen molar-refractivity contribution in [2.75, 3.05) is 0 Å². The highest BCUT2D eigenvalue weighted by atomic mass is 19.1. The van der Waals surface area contributed by atoms with Crippen LogP contribution in [0, 0.1) is 5.92 Å². The Morgan fingerprint density at radius 1 is 1.73 bits per heavy atom. The van der Waals surface area contributed by atoms with Gasteiger partial charge in [0.15, 0.2) is 0 Å². The van der Waals surface area contributed by atoms with Crippen molar-refractivity contribution in [2.45, 2.75) is 31.6 Å². The average molecular weight is 158 g/mol. The quantitative estimate of drug-likeness (QED) is 0.393. The maximum atomic E-state index is 13.6. The lowest BCUT2D eigenvalue weighted by molar-refractivity contribution is -0.117. The van der Waals surface area contributed by atoms with Crippen LogP contribution in [0.3, 0.4) is 0 Å². The highest BCUT2D eigenvalue weighted by Gasteiger charge is 2.49. The minimum absolute atomic E-state index is 0.338. The number of hydrogen-bond donors (Lipinski definition) is 0. The number of hydrogen-bond acceptors (Lipinski definition) is 2. The molecule has 4 atom stereocenters. The predicted octanol–water partition coefficient (Wildman–Crippen LogP) is -0.0924. The molecule has 0 unspecified atom stereocenters. The second-order valence-electron chi connectivity index (χ2n) is 3.32. The third kappa shape index (κ3) is 1.20. The van der Waals surface area contributed by atoms with E-state index in [1.807, 2.05) is 0 Å². The molecule has 1 aliphatic rings. The van der Waals surface area contributed by atoms with E-state index in [-0.39, 0.29) is 5.92 Å². The molecule has 2 nitrogen and oxygen atoms in total. The van der Waals surface area contributed by atoms with E-state index < -0.39 is 17.8 Å². The Morgan fingerprint density at radius 3 is 2.45 bits per heavy atom. The third-order valence-electron chi connectivity index (χ3n) is 2.67. The van der Waals surface area contributed by atoms with Crippen LogP contribution >= 0.6 is 0 Å². The largest absolute Gasteiger partial charge is 0.373 e. The highest BCUT2D eigenvalue weighted by molar-refractivity contribution is 6.12. The van der Waals surface area contributed by atoms with Gasteiger partial charge in [-0.25, -0.2) is 4.39 Å². The molecule has 1 saturated heterocycles. The average Bonchev–Trinajstić information content (AvgIpc) is 2.14. The lowest BCUT2D eigenvalue weighted by Crippen LogP contribution is -2.35. The smallest absolute Gasteiger partial charge is 0.149 e. The summed E-state index contributed by atoms with van der Waals surface area (Å²) in [7, 11) is 1.65. The molecule has 0 aliphatic carbocycles. The summed E-state index contributed by atoms with van der Waals surface area (Å²) >= 11 is 0. The van der Waals surface area contributed by atoms with Crippen LogP contribution in [0.4, 0.5) is 4.39 Å². The van der Waals surface area contributed by atoms with Crippen molar-refractivity contribution < 1.29 is 13.9 Å². The fourth-order valence-corrected chi connectivity index (χ4v) is 1.33. The first kappa shape index (κ1) is 8.72. The van der Waals surface area contributed by atoms with Crippen molar-refractivity contribution in [1.82, 2.24) is 0 Å². The van der Waals surface area contributed by atoms with Crippen molar-refractivity contribution in [1.29, 1.82) is 0 Å². The first-order valence-electron chi connectivity index (χ1n) is 3.79. The zero-order chi connectivity index (χ0) is 8.65. The molecule has 0 aromatic heterocycles. The Morgan fingerprint density at radius 2 is 2.27 bits per heavy atom. The number of aldehydes is 1. The van der Waals surface area contributed by atoms with Gasteiger partial charge in [-0.15, -0.1) is 0 Å². The fourth-order valence-electron chi connectivity index (χ4n) is 1.33. The van der Waals surface area contributed by atoms with E-state index in [2.05, 4.69) is 0 Å². The lowest BCUT2D eigenvalue weighted by Gasteiger charge is -2.21. The number of carbonyl (C=O) groups excluding carboxylic acids is 1. The number of rotatable bonds is 1. The normalized spacial score (nSPS) is 51.0. The van der Waals surface area contributed by atoms with Crippen molar-refractivity contribution in [3.05, 3.63) is 0 Å². The molecule has 4 heteroatoms. The molecule has 1 rings (SSSR count). The van der Waals surface area contributed by atoms with Crippen LogP contribution in [0.1, 0.15) is 13.8 Å². The minimum atomic E-state index is -1.37. The van der Waals surface area contributed by atoms with Crippen LogP contribution in [-0.2, 0) is 9.53 Å². The van der Waals surface area contributed by atoms with E-state index in [1.54, 1.807) is 14.8 Å². The third-order valence-corrected chi connectivity index (χ3v) is 2.67. The van der Waals surface area contributed by atoms with Crippen molar-refractivity contribution in [3.8, 4) is 0 Å². The molecular weight excluding hydrogens is 146 g/mol. The summed E-state index contributed by atoms with van der Waals surface area (Å²) in [5.74, 6) is -0.338. The van der Waals surface area contributed by atoms with Crippen LogP contribution in [0.15, 0.2) is 0 Å². The lowest BCUT2D eigenvalue weighted by atomic mass is 9.79. The molecule has 1 aliphatic heterocycles. The van der Waals surface area contributed by atoms with Crippen molar-refractivity contribution in [3.63, 3.8) is 0 Å². The number of carbonyl (C=O) groups is 1. The van der Waals surface area contributed by atoms with E-state index in [0.717, 1.165) is 0 Å². The second kappa shape index (κ2) is 2.59. The summed E-state index contributed by atoms with van der Waals surface area (Å²) in [4.78, 5) is 10.4. The molecule has 0 aromatic rings. The monoisotopic (exact) mass is 158 g/mol. The highest BCUT2D eigenvalue weighted by Crippen LogP contribution is 2.36. The molecular formula is C7H12BFO2. The van der Waals surface area contributed by atoms with E-state index in [9.17, 15) is 9.18 Å². The van der Waals surface area contributed by atoms with Crippen molar-refractivity contribution in [2.24, 2.45) is 5.92 Å². The van der Waals surface area contributed by atoms with Crippen LogP contribution in [0.25, 0.3) is 0 Å². The summed E-state index contributed by atoms with van der Waals surface area (Å²) in [6.45, 7) is 3.18. The van der Waals surface area contributed by atoms with Gasteiger partial charge in [-0.05, 0) is 6.92 Å². The first-order valence-corrected chi connectivity index (χ1v) is 3.79. The van der Waals surface area contributed by atoms with Gasteiger partial charge in [-0.2, -0.15) is 0 Å². The molecule has 1 heterocycles. The standard InChI is InChI=1S/C7H12BFO2/c1-4-5(3-10)11-6(8)7(4,2)9/h3-6H,8H2,1-2H3/t4-,5-,6-,7-/m1/s1. The molecule has 0 spiro atoms. The maximum Gasteiger partial charge on any atom is 0.149 e. The Labute approximate surface area is 66.5 Å². The van der Waals surface area contributed by atoms with Gasteiger partial charge in [-0.1, -0.05) is 6.92 Å². The van der Waals surface area contributed by atoms with Gasteiger partial charge in [0.2, 0.25) is 0 Å². The van der Waals surface area contributed by atoms with Gasteiger partial charge < -0.3 is 9.53 Å². The Balaban J connectivity index is 2.79. The summed E-state index contributed by atoms with van der Waals surface area (Å²) in [6.07, 6.45) is 0.103. The molecule has 0 aromatic carbocycles. The van der Waals surface area contributed by atoms with Crippen LogP contribution < -0.4 is 0 Å². The first-order chi connectivity index (χ1) is 5.00. The van der Waals surface area contributed by atoms with Gasteiger partial charge in [0.05, 0.1) is 6.00 Å². The van der Waals surface area contributed by atoms with Crippen molar-refractivity contribution >= 4 is 14.1 Å². The number of ether oxygens (including phenoxy) is 1. The van der Waals surface area contributed by atoms with Gasteiger partial charge >= 0.3 is 0 Å². The summed E-state index contributed by atoms with van der Waals surface area (Å²) in [5.41, 5.74) is -1.37. The summed E-state index contributed by atoms with van der Waals surface area (Å²) in [5, 5.41) is 0. The summed E-state index contributed by atoms with van der Waals surface area (Å²) in [6, 6.07) is -0.479. The second-order valence-corrected chi connectivity index (χ2v) is 3.32. The maximum absolute atomic E-state index is 13.6. The van der Waals surface area contributed by atoms with Crippen LogP contribution in [0.2, 0.25) is 0 Å². The number of halogens is 1. The van der Waals surface area contributed by atoms with Gasteiger partial charge in [-0.3, -0.25) is 0 Å². The molecule has 0 saturated carbocycles. The van der Waals surface area contributed by atoms with Crippen LogP contribution in [0.5, 0.6) is 0 Å². The molecule has 62 valence electrons. The topological polar surface area (TPSA) is 26.3 Å². The number of alkyl halides is 1. The van der Waals surface area contributed by atoms with E-state index in [1.165, 1.54) is 6.92 Å². The zero-order valence-corrected chi connectivity index (χ0v) is 7.00. The molecule has 0 bridgehead atoms. The van der Waals surface area contributed by atoms with E-state index >= 15 is 0 Å². The zero-order valence-electron chi connectivity index (χ0n) is 7.00. The van der Waals surface area contributed by atoms with Crippen LogP contribution in [-0.4, -0.2) is 31.9 Å². The Bertz CT molecular complexity index is 172. The molecule has 0 N–H and O–H groups in total. The predicted molar refractivity (Wildman–Crippen MR) is 41.9 cm³/mol. The molecule has 11 heavy (non-hydrogen) atoms. The van der Waals surface area contributed by atoms with E-state index in [0.29, 0.717) is 6.29 Å². The molecule has 0 amide bonds. The molecule has 0 radical (unpaired) electrons. The van der Waals surface area contributed by atoms with Gasteiger partial charge in [0.25, 0.3) is 0 Å². The van der Waals surface area contributed by atoms with Gasteiger partial charge in [0, 0.05) is 5.92 Å². The fraction of sp³-hybridized carbons (Fsp3) is 0.857. The van der Waals surface area contributed by atoms with Gasteiger partial charge in [0.1, 0.15) is 25.9 Å². The Hall–Kier alpha value is -0.375. The minimum Gasteiger partial charge on any atom is -0.373 e. The Kier molecular flexibility index (Phi) is 2.05. The van der Waals surface area contributed by atoms with E-state index in [4.69, 9.17) is 4.74 Å². The molecule has 1 fully saturated rings.